The van der Waals surface area contributed by atoms with Gasteiger partial charge in [0.1, 0.15) is 0 Å². The minimum atomic E-state index is 0.192. The Hall–Kier alpha value is -1.96. The van der Waals surface area contributed by atoms with Crippen LogP contribution in [0.2, 0.25) is 0 Å². The number of hydrogen-bond donors (Lipinski definition) is 0. The molecule has 0 saturated heterocycles. The van der Waals surface area contributed by atoms with Crippen molar-refractivity contribution in [2.75, 3.05) is 0 Å². The number of rotatable bonds is 4. The molecule has 1 aromatic heterocycles. The maximum Gasteiger partial charge on any atom is 0.169 e. The summed E-state index contributed by atoms with van der Waals surface area (Å²) in [6, 6.07) is 15.3. The van der Waals surface area contributed by atoms with Gasteiger partial charge in [-0.15, -0.1) is 0 Å². The van der Waals surface area contributed by atoms with Crippen LogP contribution >= 0.6 is 0 Å². The lowest BCUT2D eigenvalue weighted by molar-refractivity contribution is -0.695. The summed E-state index contributed by atoms with van der Waals surface area (Å²) in [5, 5.41) is 0. The fourth-order valence-corrected chi connectivity index (χ4v) is 1.58. The molecule has 16 heavy (non-hydrogen) atoms. The van der Waals surface area contributed by atoms with Gasteiger partial charge in [-0.1, -0.05) is 36.4 Å². The Balaban J connectivity index is 1.95. The molecule has 0 aliphatic carbocycles. The Morgan fingerprint density at radius 2 is 1.56 bits per heavy atom. The van der Waals surface area contributed by atoms with Crippen LogP contribution < -0.4 is 4.57 Å². The van der Waals surface area contributed by atoms with E-state index in [4.69, 9.17) is 0 Å². The van der Waals surface area contributed by atoms with Gasteiger partial charge in [-0.3, -0.25) is 4.79 Å². The van der Waals surface area contributed by atoms with E-state index in [2.05, 4.69) is 0 Å². The molecule has 0 fully saturated rings. The van der Waals surface area contributed by atoms with Crippen molar-refractivity contribution in [3.63, 3.8) is 0 Å². The molecule has 2 nitrogen and oxygen atoms in total. The molecule has 0 saturated carbocycles. The van der Waals surface area contributed by atoms with Crippen LogP contribution in [0.1, 0.15) is 16.8 Å². The van der Waals surface area contributed by atoms with Crippen LogP contribution in [0.15, 0.2) is 60.9 Å². The van der Waals surface area contributed by atoms with Gasteiger partial charge in [-0.2, -0.15) is 0 Å². The molecule has 0 radical (unpaired) electrons. The first-order valence-corrected chi connectivity index (χ1v) is 5.38. The molecular weight excluding hydrogens is 198 g/mol. The lowest BCUT2D eigenvalue weighted by Gasteiger charge is -1.98. The van der Waals surface area contributed by atoms with Crippen molar-refractivity contribution < 1.29 is 9.36 Å². The quantitative estimate of drug-likeness (QED) is 0.562. The Bertz CT molecular complexity index is 451. The molecule has 0 unspecified atom stereocenters. The zero-order valence-corrected chi connectivity index (χ0v) is 9.04. The lowest BCUT2D eigenvalue weighted by atomic mass is 10.1. The fraction of sp³-hybridized carbons (Fsp3) is 0.143. The van der Waals surface area contributed by atoms with Crippen LogP contribution in [0.4, 0.5) is 0 Å². The third-order valence-corrected chi connectivity index (χ3v) is 2.47. The second kappa shape index (κ2) is 5.21. The number of benzene rings is 1. The first-order chi connectivity index (χ1) is 7.86. The number of aryl methyl sites for hydroxylation is 1. The maximum atomic E-state index is 11.8. The van der Waals surface area contributed by atoms with Crippen LogP contribution in [-0.4, -0.2) is 5.78 Å². The third kappa shape index (κ3) is 2.76. The maximum absolute atomic E-state index is 11.8. The summed E-state index contributed by atoms with van der Waals surface area (Å²) in [5.41, 5.74) is 0.791. The van der Waals surface area contributed by atoms with Gasteiger partial charge in [0, 0.05) is 17.7 Å². The molecule has 0 spiro atoms. The molecule has 0 N–H and O–H groups in total. The minimum absolute atomic E-state index is 0.192. The first-order valence-electron chi connectivity index (χ1n) is 5.38. The Labute approximate surface area is 95.2 Å². The summed E-state index contributed by atoms with van der Waals surface area (Å²) < 4.78 is 2.01. The normalized spacial score (nSPS) is 10.0. The highest BCUT2D eigenvalue weighted by Crippen LogP contribution is 2.02. The SMILES string of the molecule is O=C(CC[n+]1ccccc1)c1ccccc1. The molecule has 2 heteroatoms. The number of hydrogen-bond acceptors (Lipinski definition) is 1. The number of carbonyl (C=O) groups is 1. The smallest absolute Gasteiger partial charge is 0.169 e. The minimum Gasteiger partial charge on any atom is -0.294 e. The van der Waals surface area contributed by atoms with Crippen molar-refractivity contribution in [2.45, 2.75) is 13.0 Å². The number of carbonyl (C=O) groups excluding carboxylic acids is 1. The van der Waals surface area contributed by atoms with E-state index in [0.717, 1.165) is 12.1 Å². The van der Waals surface area contributed by atoms with Crippen LogP contribution in [0.3, 0.4) is 0 Å². The Morgan fingerprint density at radius 1 is 0.938 bits per heavy atom. The van der Waals surface area contributed by atoms with Crippen molar-refractivity contribution in [1.82, 2.24) is 0 Å². The highest BCUT2D eigenvalue weighted by atomic mass is 16.1. The molecular formula is C14H14NO+. The van der Waals surface area contributed by atoms with Gasteiger partial charge >= 0.3 is 0 Å². The van der Waals surface area contributed by atoms with E-state index in [1.54, 1.807) is 0 Å². The number of ketones is 1. The van der Waals surface area contributed by atoms with Gasteiger partial charge in [-0.05, 0) is 0 Å². The summed E-state index contributed by atoms with van der Waals surface area (Å²) in [4.78, 5) is 11.8. The Kier molecular flexibility index (Phi) is 3.44. The highest BCUT2D eigenvalue weighted by Gasteiger charge is 2.07. The second-order valence-electron chi connectivity index (χ2n) is 3.65. The van der Waals surface area contributed by atoms with Gasteiger partial charge in [-0.25, -0.2) is 4.57 Å². The van der Waals surface area contributed by atoms with Crippen LogP contribution in [0.5, 0.6) is 0 Å². The lowest BCUT2D eigenvalue weighted by Crippen LogP contribution is -2.33. The van der Waals surface area contributed by atoms with Crippen molar-refractivity contribution in [1.29, 1.82) is 0 Å². The zero-order chi connectivity index (χ0) is 11.2. The summed E-state index contributed by atoms with van der Waals surface area (Å²) >= 11 is 0. The molecule has 0 aliphatic heterocycles. The van der Waals surface area contributed by atoms with E-state index in [1.807, 2.05) is 65.5 Å². The van der Waals surface area contributed by atoms with Gasteiger partial charge in [0.2, 0.25) is 0 Å². The monoisotopic (exact) mass is 212 g/mol. The van der Waals surface area contributed by atoms with E-state index in [9.17, 15) is 4.79 Å². The molecule has 2 aromatic rings. The molecule has 1 heterocycles. The summed E-state index contributed by atoms with van der Waals surface area (Å²) in [6.45, 7) is 0.731. The average molecular weight is 212 g/mol. The molecule has 0 bridgehead atoms. The molecule has 2 rings (SSSR count). The molecule has 80 valence electrons. The number of Topliss-reactive ketones (excluding diaryl/α,β-unsaturated/α-hetero) is 1. The fourth-order valence-electron chi connectivity index (χ4n) is 1.58. The average Bonchev–Trinajstić information content (AvgIpc) is 2.38. The number of aromatic nitrogens is 1. The number of pyridine rings is 1. The summed E-state index contributed by atoms with van der Waals surface area (Å²) in [5.74, 6) is 0.192. The predicted octanol–water partition coefficient (Wildman–Crippen LogP) is 2.25. The van der Waals surface area contributed by atoms with Crippen molar-refractivity contribution in [3.8, 4) is 0 Å². The van der Waals surface area contributed by atoms with Crippen molar-refractivity contribution in [2.24, 2.45) is 0 Å². The van der Waals surface area contributed by atoms with Gasteiger partial charge < -0.3 is 0 Å². The number of nitrogens with zero attached hydrogens (tertiary/aromatic N) is 1. The first kappa shape index (κ1) is 10.6. The van der Waals surface area contributed by atoms with Gasteiger partial charge in [0.25, 0.3) is 0 Å². The third-order valence-electron chi connectivity index (χ3n) is 2.47. The molecule has 0 aliphatic rings. The Morgan fingerprint density at radius 3 is 2.25 bits per heavy atom. The van der Waals surface area contributed by atoms with E-state index < -0.39 is 0 Å². The molecule has 0 amide bonds. The van der Waals surface area contributed by atoms with E-state index in [1.165, 1.54) is 0 Å². The van der Waals surface area contributed by atoms with Crippen LogP contribution in [0.25, 0.3) is 0 Å². The van der Waals surface area contributed by atoms with Crippen LogP contribution in [-0.2, 0) is 6.54 Å². The zero-order valence-electron chi connectivity index (χ0n) is 9.04. The highest BCUT2D eigenvalue weighted by molar-refractivity contribution is 5.95. The topological polar surface area (TPSA) is 20.9 Å². The van der Waals surface area contributed by atoms with Gasteiger partial charge in [0.05, 0.1) is 6.42 Å². The second-order valence-corrected chi connectivity index (χ2v) is 3.65. The largest absolute Gasteiger partial charge is 0.294 e. The van der Waals surface area contributed by atoms with E-state index in [0.29, 0.717) is 6.42 Å². The molecule has 1 aromatic carbocycles. The van der Waals surface area contributed by atoms with E-state index in [-0.39, 0.29) is 5.78 Å². The van der Waals surface area contributed by atoms with Crippen molar-refractivity contribution >= 4 is 5.78 Å². The van der Waals surface area contributed by atoms with Crippen LogP contribution in [0, 0.1) is 0 Å². The van der Waals surface area contributed by atoms with Crippen molar-refractivity contribution in [3.05, 3.63) is 66.5 Å². The van der Waals surface area contributed by atoms with Gasteiger partial charge in [0.15, 0.2) is 24.7 Å². The van der Waals surface area contributed by atoms with E-state index >= 15 is 0 Å². The summed E-state index contributed by atoms with van der Waals surface area (Å²) in [6.07, 6.45) is 4.48. The summed E-state index contributed by atoms with van der Waals surface area (Å²) in [7, 11) is 0. The predicted molar refractivity (Wildman–Crippen MR) is 62.0 cm³/mol. The standard InChI is InChI=1S/C14H14NO/c16-14(13-7-3-1-4-8-13)9-12-15-10-5-2-6-11-15/h1-8,10-11H,9,12H2/q+1. The molecule has 0 atom stereocenters.